The summed E-state index contributed by atoms with van der Waals surface area (Å²) in [5.74, 6) is 8.31. The summed E-state index contributed by atoms with van der Waals surface area (Å²) in [7, 11) is 0. The molecule has 1 aliphatic heterocycles. The van der Waals surface area contributed by atoms with Gasteiger partial charge in [-0.25, -0.2) is 15.8 Å². The van der Waals surface area contributed by atoms with Crippen molar-refractivity contribution in [2.75, 3.05) is 43.0 Å². The van der Waals surface area contributed by atoms with Crippen LogP contribution in [0.15, 0.2) is 6.07 Å². The van der Waals surface area contributed by atoms with Crippen LogP contribution >= 0.6 is 0 Å². The molecule has 0 spiro atoms. The lowest BCUT2D eigenvalue weighted by molar-refractivity contribution is 0.258. The average molecular weight is 278 g/mol. The van der Waals surface area contributed by atoms with Crippen LogP contribution in [-0.2, 0) is 0 Å². The number of hydrogen-bond donors (Lipinski definition) is 2. The number of piperazine rings is 1. The molecule has 0 amide bonds. The van der Waals surface area contributed by atoms with E-state index < -0.39 is 0 Å². The average Bonchev–Trinajstić information content (AvgIpc) is 2.47. The Balaban J connectivity index is 2.10. The molecule has 2 rings (SSSR count). The van der Waals surface area contributed by atoms with Crippen molar-refractivity contribution in [3.05, 3.63) is 11.9 Å². The van der Waals surface area contributed by atoms with Gasteiger partial charge in [-0.1, -0.05) is 20.8 Å². The predicted octanol–water partition coefficient (Wildman–Crippen LogP) is 1.42. The summed E-state index contributed by atoms with van der Waals surface area (Å²) in [6, 6.07) is 1.93. The number of nitrogen functional groups attached to an aromatic ring is 1. The Bertz CT molecular complexity index is 426. The molecule has 0 atom stereocenters. The number of anilines is 2. The van der Waals surface area contributed by atoms with E-state index in [9.17, 15) is 0 Å². The molecule has 0 aromatic carbocycles. The molecule has 1 aromatic heterocycles. The maximum atomic E-state index is 5.51. The molecule has 6 heteroatoms. The van der Waals surface area contributed by atoms with Crippen LogP contribution in [0.5, 0.6) is 0 Å². The van der Waals surface area contributed by atoms with Crippen LogP contribution in [0.25, 0.3) is 0 Å². The Labute approximate surface area is 121 Å². The first kappa shape index (κ1) is 15.0. The van der Waals surface area contributed by atoms with Gasteiger partial charge in [-0.05, 0) is 13.0 Å². The molecule has 1 aliphatic rings. The second kappa shape index (κ2) is 6.85. The minimum atomic E-state index is 0.295. The third kappa shape index (κ3) is 3.58. The molecule has 0 radical (unpaired) electrons. The summed E-state index contributed by atoms with van der Waals surface area (Å²) in [6.07, 6.45) is 1.21. The molecule has 20 heavy (non-hydrogen) atoms. The summed E-state index contributed by atoms with van der Waals surface area (Å²) in [6.45, 7) is 11.8. The fourth-order valence-electron chi connectivity index (χ4n) is 2.46. The highest BCUT2D eigenvalue weighted by atomic mass is 15.3. The molecule has 0 bridgehead atoms. The van der Waals surface area contributed by atoms with Crippen LogP contribution in [0.2, 0.25) is 0 Å². The molecule has 0 saturated carbocycles. The molecule has 112 valence electrons. The van der Waals surface area contributed by atoms with Crippen molar-refractivity contribution in [2.24, 2.45) is 5.84 Å². The van der Waals surface area contributed by atoms with Crippen molar-refractivity contribution in [3.8, 4) is 0 Å². The van der Waals surface area contributed by atoms with E-state index in [0.717, 1.165) is 37.8 Å². The fourth-order valence-corrected chi connectivity index (χ4v) is 2.46. The Morgan fingerprint density at radius 1 is 1.25 bits per heavy atom. The molecule has 2 heterocycles. The van der Waals surface area contributed by atoms with E-state index in [-0.39, 0.29) is 0 Å². The first-order chi connectivity index (χ1) is 9.63. The Kier molecular flexibility index (Phi) is 5.14. The van der Waals surface area contributed by atoms with Gasteiger partial charge in [0.25, 0.3) is 0 Å². The SMILES string of the molecule is CCCN1CCN(c2cc(NN)nc(C(C)C)n2)CC1. The summed E-state index contributed by atoms with van der Waals surface area (Å²) in [4.78, 5) is 13.9. The monoisotopic (exact) mass is 278 g/mol. The van der Waals surface area contributed by atoms with Crippen LogP contribution in [-0.4, -0.2) is 47.6 Å². The standard InChI is InChI=1S/C14H26N6/c1-4-5-19-6-8-20(9-7-19)13-10-12(18-15)16-14(17-13)11(2)3/h10-11H,4-9,15H2,1-3H3,(H,16,17,18). The van der Waals surface area contributed by atoms with Crippen molar-refractivity contribution in [2.45, 2.75) is 33.1 Å². The van der Waals surface area contributed by atoms with Crippen LogP contribution < -0.4 is 16.2 Å². The van der Waals surface area contributed by atoms with Gasteiger partial charge in [0.15, 0.2) is 0 Å². The van der Waals surface area contributed by atoms with Crippen molar-refractivity contribution in [1.29, 1.82) is 0 Å². The topological polar surface area (TPSA) is 70.3 Å². The molecule has 0 aliphatic carbocycles. The Morgan fingerprint density at radius 2 is 1.95 bits per heavy atom. The second-order valence-corrected chi connectivity index (χ2v) is 5.60. The summed E-state index contributed by atoms with van der Waals surface area (Å²) >= 11 is 0. The van der Waals surface area contributed by atoms with Crippen LogP contribution in [0.4, 0.5) is 11.6 Å². The van der Waals surface area contributed by atoms with Crippen LogP contribution in [0.1, 0.15) is 38.9 Å². The summed E-state index contributed by atoms with van der Waals surface area (Å²) in [5, 5.41) is 0. The number of aromatic nitrogens is 2. The highest BCUT2D eigenvalue weighted by molar-refractivity contribution is 5.49. The van der Waals surface area contributed by atoms with Gasteiger partial charge in [0.1, 0.15) is 17.5 Å². The minimum Gasteiger partial charge on any atom is -0.354 e. The maximum absolute atomic E-state index is 5.51. The molecular formula is C14H26N6. The largest absolute Gasteiger partial charge is 0.354 e. The van der Waals surface area contributed by atoms with Crippen molar-refractivity contribution < 1.29 is 0 Å². The fraction of sp³-hybridized carbons (Fsp3) is 0.714. The van der Waals surface area contributed by atoms with Crippen molar-refractivity contribution in [3.63, 3.8) is 0 Å². The highest BCUT2D eigenvalue weighted by Crippen LogP contribution is 2.20. The smallest absolute Gasteiger partial charge is 0.145 e. The number of nitrogens with one attached hydrogen (secondary N) is 1. The minimum absolute atomic E-state index is 0.295. The van der Waals surface area contributed by atoms with Gasteiger partial charge < -0.3 is 10.3 Å². The first-order valence-electron chi connectivity index (χ1n) is 7.47. The van der Waals surface area contributed by atoms with Gasteiger partial charge in [-0.2, -0.15) is 0 Å². The zero-order valence-corrected chi connectivity index (χ0v) is 12.8. The van der Waals surface area contributed by atoms with E-state index in [1.165, 1.54) is 13.0 Å². The number of nitrogens with two attached hydrogens (primary N) is 1. The quantitative estimate of drug-likeness (QED) is 0.627. The van der Waals surface area contributed by atoms with Crippen molar-refractivity contribution >= 4 is 11.6 Å². The zero-order chi connectivity index (χ0) is 14.5. The summed E-state index contributed by atoms with van der Waals surface area (Å²) < 4.78 is 0. The van der Waals surface area contributed by atoms with E-state index in [1.807, 2.05) is 6.07 Å². The molecule has 1 aromatic rings. The van der Waals surface area contributed by atoms with Crippen LogP contribution in [0, 0.1) is 0 Å². The van der Waals surface area contributed by atoms with E-state index in [0.29, 0.717) is 11.7 Å². The molecular weight excluding hydrogens is 252 g/mol. The van der Waals surface area contributed by atoms with E-state index in [1.54, 1.807) is 0 Å². The number of hydrazine groups is 1. The van der Waals surface area contributed by atoms with Crippen LogP contribution in [0.3, 0.4) is 0 Å². The maximum Gasteiger partial charge on any atom is 0.145 e. The Morgan fingerprint density at radius 3 is 2.50 bits per heavy atom. The van der Waals surface area contributed by atoms with E-state index >= 15 is 0 Å². The van der Waals surface area contributed by atoms with E-state index in [2.05, 4.69) is 46.0 Å². The van der Waals surface area contributed by atoms with Crippen molar-refractivity contribution in [1.82, 2.24) is 14.9 Å². The predicted molar refractivity (Wildman–Crippen MR) is 82.9 cm³/mol. The third-order valence-electron chi connectivity index (χ3n) is 3.63. The van der Waals surface area contributed by atoms with Gasteiger partial charge in [0.05, 0.1) is 0 Å². The first-order valence-corrected chi connectivity index (χ1v) is 7.47. The molecule has 0 unspecified atom stereocenters. The van der Waals surface area contributed by atoms with Gasteiger partial charge in [0, 0.05) is 38.2 Å². The van der Waals surface area contributed by atoms with Gasteiger partial charge in [0.2, 0.25) is 0 Å². The number of hydrogen-bond acceptors (Lipinski definition) is 6. The van der Waals surface area contributed by atoms with Gasteiger partial charge in [-0.15, -0.1) is 0 Å². The van der Waals surface area contributed by atoms with E-state index in [4.69, 9.17) is 5.84 Å². The Hall–Kier alpha value is -1.40. The van der Waals surface area contributed by atoms with Gasteiger partial charge >= 0.3 is 0 Å². The molecule has 1 fully saturated rings. The normalized spacial score (nSPS) is 16.8. The molecule has 6 nitrogen and oxygen atoms in total. The zero-order valence-electron chi connectivity index (χ0n) is 12.8. The second-order valence-electron chi connectivity index (χ2n) is 5.60. The lowest BCUT2D eigenvalue weighted by atomic mass is 10.2. The highest BCUT2D eigenvalue weighted by Gasteiger charge is 2.19. The van der Waals surface area contributed by atoms with Gasteiger partial charge in [-0.3, -0.25) is 4.90 Å². The summed E-state index contributed by atoms with van der Waals surface area (Å²) in [5.41, 5.74) is 2.64. The molecule has 3 N–H and O–H groups in total. The molecule has 1 saturated heterocycles. The third-order valence-corrected chi connectivity index (χ3v) is 3.63. The lowest BCUT2D eigenvalue weighted by Crippen LogP contribution is -2.47. The number of nitrogens with zero attached hydrogens (tertiary/aromatic N) is 4. The lowest BCUT2D eigenvalue weighted by Gasteiger charge is -2.35. The number of rotatable bonds is 5.